The Bertz CT molecular complexity index is 778. The monoisotopic (exact) mass is 397 g/mol. The summed E-state index contributed by atoms with van der Waals surface area (Å²) in [5.41, 5.74) is 1.24. The first kappa shape index (κ1) is 21.1. The number of hydrogen-bond acceptors (Lipinski definition) is 4. The van der Waals surface area contributed by atoms with Gasteiger partial charge in [0.15, 0.2) is 6.61 Å². The zero-order valence-corrected chi connectivity index (χ0v) is 14.6. The van der Waals surface area contributed by atoms with E-state index in [4.69, 9.17) is 4.74 Å². The SMILES string of the molecule is O=C(N[C@H](Cc1ccc(OCC(F)(F)F)cc1)C(=O)O)OCc1ccccc1. The van der Waals surface area contributed by atoms with Crippen LogP contribution in [0.1, 0.15) is 11.1 Å². The van der Waals surface area contributed by atoms with Gasteiger partial charge in [0, 0.05) is 6.42 Å². The van der Waals surface area contributed by atoms with E-state index in [0.29, 0.717) is 5.56 Å². The van der Waals surface area contributed by atoms with Gasteiger partial charge in [-0.25, -0.2) is 9.59 Å². The normalized spacial score (nSPS) is 12.1. The highest BCUT2D eigenvalue weighted by Crippen LogP contribution is 2.19. The van der Waals surface area contributed by atoms with Gasteiger partial charge in [-0.15, -0.1) is 0 Å². The minimum Gasteiger partial charge on any atom is -0.484 e. The third-order valence-electron chi connectivity index (χ3n) is 3.57. The number of alkyl carbamates (subject to hydrolysis) is 1. The summed E-state index contributed by atoms with van der Waals surface area (Å²) in [6, 6.07) is 13.1. The predicted molar refractivity (Wildman–Crippen MR) is 92.9 cm³/mol. The van der Waals surface area contributed by atoms with Crippen molar-refractivity contribution in [1.29, 1.82) is 0 Å². The van der Waals surface area contributed by atoms with Gasteiger partial charge in [0.2, 0.25) is 0 Å². The largest absolute Gasteiger partial charge is 0.484 e. The Kier molecular flexibility index (Phi) is 7.25. The van der Waals surface area contributed by atoms with Gasteiger partial charge < -0.3 is 19.9 Å². The van der Waals surface area contributed by atoms with E-state index in [9.17, 15) is 27.9 Å². The summed E-state index contributed by atoms with van der Waals surface area (Å²) >= 11 is 0. The lowest BCUT2D eigenvalue weighted by Gasteiger charge is -2.15. The van der Waals surface area contributed by atoms with E-state index in [1.165, 1.54) is 24.3 Å². The maximum atomic E-state index is 12.1. The number of nitrogens with one attached hydrogen (secondary N) is 1. The number of halogens is 3. The molecule has 0 bridgehead atoms. The highest BCUT2D eigenvalue weighted by Gasteiger charge is 2.28. The second-order valence-corrected chi connectivity index (χ2v) is 5.85. The third-order valence-corrected chi connectivity index (χ3v) is 3.57. The van der Waals surface area contributed by atoms with Gasteiger partial charge in [0.05, 0.1) is 0 Å². The van der Waals surface area contributed by atoms with Crippen molar-refractivity contribution in [3.63, 3.8) is 0 Å². The molecular formula is C19H18F3NO5. The van der Waals surface area contributed by atoms with Gasteiger partial charge in [-0.3, -0.25) is 0 Å². The number of benzene rings is 2. The molecule has 2 N–H and O–H groups in total. The van der Waals surface area contributed by atoms with Crippen LogP contribution in [0.4, 0.5) is 18.0 Å². The Morgan fingerprint density at radius 2 is 1.64 bits per heavy atom. The molecule has 28 heavy (non-hydrogen) atoms. The maximum Gasteiger partial charge on any atom is 0.422 e. The summed E-state index contributed by atoms with van der Waals surface area (Å²) in [5.74, 6) is -1.27. The molecule has 0 unspecified atom stereocenters. The van der Waals surface area contributed by atoms with Crippen molar-refractivity contribution in [3.05, 3.63) is 65.7 Å². The molecule has 0 heterocycles. The molecule has 0 saturated carbocycles. The van der Waals surface area contributed by atoms with Crippen LogP contribution in [0.15, 0.2) is 54.6 Å². The first-order valence-electron chi connectivity index (χ1n) is 8.21. The number of carboxylic acid groups (broad SMARTS) is 1. The number of ether oxygens (including phenoxy) is 2. The molecule has 0 radical (unpaired) electrons. The van der Waals surface area contributed by atoms with Crippen LogP contribution in [0.25, 0.3) is 0 Å². The molecule has 0 spiro atoms. The van der Waals surface area contributed by atoms with Crippen LogP contribution in [0, 0.1) is 0 Å². The van der Waals surface area contributed by atoms with Gasteiger partial charge in [0.1, 0.15) is 18.4 Å². The van der Waals surface area contributed by atoms with Crippen LogP contribution in [0.5, 0.6) is 5.75 Å². The molecular weight excluding hydrogens is 379 g/mol. The van der Waals surface area contributed by atoms with Crippen molar-refractivity contribution < 1.29 is 37.3 Å². The predicted octanol–water partition coefficient (Wildman–Crippen LogP) is 3.55. The van der Waals surface area contributed by atoms with Gasteiger partial charge in [0.25, 0.3) is 0 Å². The van der Waals surface area contributed by atoms with E-state index in [2.05, 4.69) is 10.1 Å². The summed E-state index contributed by atoms with van der Waals surface area (Å²) in [4.78, 5) is 23.2. The molecule has 2 rings (SSSR count). The van der Waals surface area contributed by atoms with Crippen molar-refractivity contribution >= 4 is 12.1 Å². The van der Waals surface area contributed by atoms with E-state index in [-0.39, 0.29) is 18.8 Å². The standard InChI is InChI=1S/C19H18F3NO5/c20-19(21,22)12-28-15-8-6-13(7-9-15)10-16(17(24)25)23-18(26)27-11-14-4-2-1-3-5-14/h1-9,16H,10-12H2,(H,23,26)(H,24,25)/t16-/m1/s1. The van der Waals surface area contributed by atoms with E-state index in [1.54, 1.807) is 24.3 Å². The van der Waals surface area contributed by atoms with E-state index in [0.717, 1.165) is 5.56 Å². The third kappa shape index (κ3) is 7.56. The van der Waals surface area contributed by atoms with E-state index < -0.39 is 30.9 Å². The lowest BCUT2D eigenvalue weighted by molar-refractivity contribution is -0.153. The fourth-order valence-electron chi connectivity index (χ4n) is 2.23. The van der Waals surface area contributed by atoms with Gasteiger partial charge in [-0.2, -0.15) is 13.2 Å². The Morgan fingerprint density at radius 1 is 1.00 bits per heavy atom. The van der Waals surface area contributed by atoms with Gasteiger partial charge in [-0.05, 0) is 23.3 Å². The van der Waals surface area contributed by atoms with E-state index in [1.807, 2.05) is 6.07 Å². The molecule has 0 fully saturated rings. The summed E-state index contributed by atoms with van der Waals surface area (Å²) in [5, 5.41) is 11.5. The Hall–Kier alpha value is -3.23. The number of hydrogen-bond donors (Lipinski definition) is 2. The number of rotatable bonds is 8. The Morgan fingerprint density at radius 3 is 2.21 bits per heavy atom. The molecule has 9 heteroatoms. The van der Waals surface area contributed by atoms with Crippen molar-refractivity contribution in [2.75, 3.05) is 6.61 Å². The number of aliphatic carboxylic acids is 1. The number of carbonyl (C=O) groups is 2. The average molecular weight is 397 g/mol. The van der Waals surface area contributed by atoms with Crippen molar-refractivity contribution in [1.82, 2.24) is 5.32 Å². The number of carboxylic acids is 1. The summed E-state index contributed by atoms with van der Waals surface area (Å²) in [7, 11) is 0. The summed E-state index contributed by atoms with van der Waals surface area (Å²) in [6.45, 7) is -1.43. The minimum atomic E-state index is -4.45. The molecule has 1 amide bonds. The average Bonchev–Trinajstić information content (AvgIpc) is 2.65. The molecule has 2 aromatic carbocycles. The molecule has 1 atom stereocenters. The molecule has 150 valence electrons. The van der Waals surface area contributed by atoms with Crippen molar-refractivity contribution in [3.8, 4) is 5.75 Å². The second kappa shape index (κ2) is 9.63. The van der Waals surface area contributed by atoms with Crippen molar-refractivity contribution in [2.24, 2.45) is 0 Å². The molecule has 6 nitrogen and oxygen atoms in total. The Balaban J connectivity index is 1.87. The van der Waals surface area contributed by atoms with Crippen molar-refractivity contribution in [2.45, 2.75) is 25.2 Å². The lowest BCUT2D eigenvalue weighted by atomic mass is 10.1. The zero-order chi connectivity index (χ0) is 20.6. The number of amides is 1. The number of carbonyl (C=O) groups excluding carboxylic acids is 1. The highest BCUT2D eigenvalue weighted by atomic mass is 19.4. The highest BCUT2D eigenvalue weighted by molar-refractivity contribution is 5.80. The topological polar surface area (TPSA) is 84.9 Å². The van der Waals surface area contributed by atoms with Gasteiger partial charge in [-0.1, -0.05) is 42.5 Å². The molecule has 0 saturated heterocycles. The molecule has 0 aromatic heterocycles. The summed E-state index contributed by atoms with van der Waals surface area (Å²) in [6.07, 6.45) is -5.41. The van der Waals surface area contributed by atoms with Crippen LogP contribution in [-0.4, -0.2) is 36.0 Å². The first-order valence-corrected chi connectivity index (χ1v) is 8.21. The van der Waals surface area contributed by atoms with Gasteiger partial charge >= 0.3 is 18.2 Å². The zero-order valence-electron chi connectivity index (χ0n) is 14.6. The molecule has 2 aromatic rings. The van der Waals surface area contributed by atoms with Crippen LogP contribution < -0.4 is 10.1 Å². The minimum absolute atomic E-state index is 0.00294. The quantitative estimate of drug-likeness (QED) is 0.712. The fraction of sp³-hybridized carbons (Fsp3) is 0.263. The van der Waals surface area contributed by atoms with E-state index >= 15 is 0 Å². The second-order valence-electron chi connectivity index (χ2n) is 5.85. The van der Waals surface area contributed by atoms with Crippen LogP contribution in [0.2, 0.25) is 0 Å². The smallest absolute Gasteiger partial charge is 0.422 e. The maximum absolute atomic E-state index is 12.1. The Labute approximate surface area is 158 Å². The van der Waals surface area contributed by atoms with Crippen LogP contribution in [0.3, 0.4) is 0 Å². The number of alkyl halides is 3. The molecule has 0 aliphatic rings. The first-order chi connectivity index (χ1) is 13.2. The summed E-state index contributed by atoms with van der Waals surface area (Å²) < 4.78 is 46.0. The fourth-order valence-corrected chi connectivity index (χ4v) is 2.23. The van der Waals surface area contributed by atoms with Crippen LogP contribution >= 0.6 is 0 Å². The van der Waals surface area contributed by atoms with Crippen LogP contribution in [-0.2, 0) is 22.6 Å². The molecule has 0 aliphatic carbocycles. The lowest BCUT2D eigenvalue weighted by Crippen LogP contribution is -2.42. The molecule has 0 aliphatic heterocycles.